The zero-order valence-electron chi connectivity index (χ0n) is 13.2. The highest BCUT2D eigenvalue weighted by atomic mass is 15.2. The molecule has 3 rings (SSSR count). The summed E-state index contributed by atoms with van der Waals surface area (Å²) < 4.78 is 2.08. The molecule has 21 heavy (non-hydrogen) atoms. The van der Waals surface area contributed by atoms with Gasteiger partial charge in [-0.15, -0.1) is 0 Å². The van der Waals surface area contributed by atoms with Gasteiger partial charge in [0.1, 0.15) is 5.82 Å². The second kappa shape index (κ2) is 5.66. The Morgan fingerprint density at radius 2 is 2.00 bits per heavy atom. The van der Waals surface area contributed by atoms with Gasteiger partial charge in [0.2, 0.25) is 0 Å². The minimum atomic E-state index is 0.477. The first-order valence-electron chi connectivity index (χ1n) is 7.67. The van der Waals surface area contributed by atoms with E-state index < -0.39 is 0 Å². The van der Waals surface area contributed by atoms with Gasteiger partial charge in [0.25, 0.3) is 0 Å². The molecular formula is C16H25N5. The molecule has 1 aromatic heterocycles. The average molecular weight is 287 g/mol. The molecule has 114 valence electrons. The van der Waals surface area contributed by atoms with Crippen molar-refractivity contribution in [2.75, 3.05) is 32.1 Å². The van der Waals surface area contributed by atoms with E-state index in [9.17, 15) is 0 Å². The van der Waals surface area contributed by atoms with Crippen LogP contribution in [0, 0.1) is 0 Å². The summed E-state index contributed by atoms with van der Waals surface area (Å²) >= 11 is 0. The number of rotatable bonds is 3. The molecule has 0 saturated carbocycles. The minimum absolute atomic E-state index is 0.477. The quantitative estimate of drug-likeness (QED) is 0.931. The second-order valence-electron chi connectivity index (χ2n) is 6.11. The van der Waals surface area contributed by atoms with E-state index in [4.69, 9.17) is 5.73 Å². The zero-order valence-corrected chi connectivity index (χ0v) is 13.2. The zero-order chi connectivity index (χ0) is 15.0. The van der Waals surface area contributed by atoms with E-state index in [0.29, 0.717) is 12.6 Å². The molecule has 1 aromatic carbocycles. The van der Waals surface area contributed by atoms with Crippen LogP contribution in [0.15, 0.2) is 18.2 Å². The lowest BCUT2D eigenvalue weighted by Gasteiger charge is -2.36. The fraction of sp³-hybridized carbons (Fsp3) is 0.562. The first kappa shape index (κ1) is 14.4. The van der Waals surface area contributed by atoms with Crippen LogP contribution in [0.1, 0.15) is 18.7 Å². The van der Waals surface area contributed by atoms with Crippen molar-refractivity contribution in [3.8, 4) is 0 Å². The van der Waals surface area contributed by atoms with Crippen LogP contribution < -0.4 is 10.6 Å². The molecule has 0 atom stereocenters. The van der Waals surface area contributed by atoms with Gasteiger partial charge >= 0.3 is 0 Å². The van der Waals surface area contributed by atoms with Crippen LogP contribution in [0.2, 0.25) is 0 Å². The summed E-state index contributed by atoms with van der Waals surface area (Å²) in [6.45, 7) is 2.83. The lowest BCUT2D eigenvalue weighted by Crippen LogP contribution is -2.41. The van der Waals surface area contributed by atoms with Gasteiger partial charge < -0.3 is 20.1 Å². The Labute approximate surface area is 126 Å². The van der Waals surface area contributed by atoms with E-state index in [0.717, 1.165) is 16.9 Å². The number of benzene rings is 1. The van der Waals surface area contributed by atoms with Crippen LogP contribution in [0.25, 0.3) is 11.0 Å². The molecule has 0 amide bonds. The number of likely N-dealkylation sites (tertiary alicyclic amines) is 1. The van der Waals surface area contributed by atoms with E-state index in [1.54, 1.807) is 0 Å². The van der Waals surface area contributed by atoms with Gasteiger partial charge in [-0.1, -0.05) is 0 Å². The number of anilines is 1. The molecule has 5 nitrogen and oxygen atoms in total. The summed E-state index contributed by atoms with van der Waals surface area (Å²) in [5.41, 5.74) is 9.18. The van der Waals surface area contributed by atoms with Gasteiger partial charge in [-0.05, 0) is 51.2 Å². The third-order valence-corrected chi connectivity index (χ3v) is 4.78. The Bertz CT molecular complexity index is 625. The van der Waals surface area contributed by atoms with Gasteiger partial charge in [-0.3, -0.25) is 0 Å². The Balaban J connectivity index is 1.86. The minimum Gasteiger partial charge on any atom is -0.371 e. The smallest absolute Gasteiger partial charge is 0.123 e. The van der Waals surface area contributed by atoms with Crippen molar-refractivity contribution >= 4 is 16.7 Å². The van der Waals surface area contributed by atoms with Crippen LogP contribution in [0.3, 0.4) is 0 Å². The number of hydrogen-bond donors (Lipinski definition) is 1. The van der Waals surface area contributed by atoms with Crippen molar-refractivity contribution in [2.24, 2.45) is 12.8 Å². The SMILES string of the molecule is CN1CCC(N(C)c2ccc3c(c2)nc(CN)n3C)CC1. The van der Waals surface area contributed by atoms with Crippen LogP contribution in [-0.4, -0.2) is 47.7 Å². The Hall–Kier alpha value is -1.59. The number of nitrogens with zero attached hydrogens (tertiary/aromatic N) is 4. The van der Waals surface area contributed by atoms with Crippen LogP contribution in [0.5, 0.6) is 0 Å². The number of imidazole rings is 1. The lowest BCUT2D eigenvalue weighted by atomic mass is 10.0. The highest BCUT2D eigenvalue weighted by molar-refractivity contribution is 5.80. The maximum atomic E-state index is 5.74. The molecule has 0 spiro atoms. The van der Waals surface area contributed by atoms with Gasteiger partial charge in [0.05, 0.1) is 17.6 Å². The van der Waals surface area contributed by atoms with Crippen LogP contribution in [-0.2, 0) is 13.6 Å². The number of aromatic nitrogens is 2. The molecule has 2 heterocycles. The summed E-state index contributed by atoms with van der Waals surface area (Å²) in [4.78, 5) is 9.44. The summed E-state index contributed by atoms with van der Waals surface area (Å²) in [5, 5.41) is 0. The summed E-state index contributed by atoms with van der Waals surface area (Å²) in [5.74, 6) is 0.934. The molecule has 1 aliphatic rings. The first-order valence-corrected chi connectivity index (χ1v) is 7.67. The van der Waals surface area contributed by atoms with Gasteiger partial charge in [-0.25, -0.2) is 4.98 Å². The number of nitrogens with two attached hydrogens (primary N) is 1. The predicted octanol–water partition coefficient (Wildman–Crippen LogP) is 1.56. The molecule has 1 saturated heterocycles. The van der Waals surface area contributed by atoms with E-state index in [1.165, 1.54) is 31.6 Å². The largest absolute Gasteiger partial charge is 0.371 e. The third-order valence-electron chi connectivity index (χ3n) is 4.78. The van der Waals surface area contributed by atoms with Crippen LogP contribution >= 0.6 is 0 Å². The summed E-state index contributed by atoms with van der Waals surface area (Å²) in [6.07, 6.45) is 2.45. The predicted molar refractivity (Wildman–Crippen MR) is 87.5 cm³/mol. The van der Waals surface area contributed by atoms with Crippen molar-refractivity contribution in [2.45, 2.75) is 25.4 Å². The lowest BCUT2D eigenvalue weighted by molar-refractivity contribution is 0.253. The van der Waals surface area contributed by atoms with E-state index >= 15 is 0 Å². The molecule has 2 N–H and O–H groups in total. The number of fused-ring (bicyclic) bond motifs is 1. The van der Waals surface area contributed by atoms with Crippen molar-refractivity contribution in [3.63, 3.8) is 0 Å². The molecule has 1 fully saturated rings. The Morgan fingerprint density at radius 1 is 1.29 bits per heavy atom. The molecule has 5 heteroatoms. The highest BCUT2D eigenvalue weighted by Crippen LogP contribution is 2.25. The fourth-order valence-corrected chi connectivity index (χ4v) is 3.23. The van der Waals surface area contributed by atoms with Crippen molar-refractivity contribution in [1.82, 2.24) is 14.5 Å². The van der Waals surface area contributed by atoms with E-state index in [1.807, 2.05) is 7.05 Å². The highest BCUT2D eigenvalue weighted by Gasteiger charge is 2.21. The molecule has 0 radical (unpaired) electrons. The summed E-state index contributed by atoms with van der Waals surface area (Å²) in [6, 6.07) is 7.16. The standard InChI is InChI=1S/C16H25N5/c1-19-8-6-12(7-9-19)20(2)13-4-5-15-14(10-13)18-16(11-17)21(15)3/h4-5,10,12H,6-9,11,17H2,1-3H3. The number of piperidine rings is 1. The third kappa shape index (κ3) is 2.63. The Kier molecular flexibility index (Phi) is 3.87. The van der Waals surface area contributed by atoms with E-state index in [-0.39, 0.29) is 0 Å². The molecule has 0 unspecified atom stereocenters. The normalized spacial score (nSPS) is 17.5. The molecule has 2 aromatic rings. The van der Waals surface area contributed by atoms with Crippen molar-refractivity contribution in [3.05, 3.63) is 24.0 Å². The maximum Gasteiger partial charge on any atom is 0.123 e. The first-order chi connectivity index (χ1) is 10.1. The molecule has 0 aliphatic carbocycles. The molecule has 0 bridgehead atoms. The summed E-state index contributed by atoms with van der Waals surface area (Å²) in [7, 11) is 6.42. The molecular weight excluding hydrogens is 262 g/mol. The topological polar surface area (TPSA) is 50.3 Å². The van der Waals surface area contributed by atoms with Gasteiger partial charge in [0, 0.05) is 25.8 Å². The van der Waals surface area contributed by atoms with Gasteiger partial charge in [-0.2, -0.15) is 0 Å². The van der Waals surface area contributed by atoms with Crippen molar-refractivity contribution < 1.29 is 0 Å². The fourth-order valence-electron chi connectivity index (χ4n) is 3.23. The number of hydrogen-bond acceptors (Lipinski definition) is 4. The van der Waals surface area contributed by atoms with Gasteiger partial charge in [0.15, 0.2) is 0 Å². The molecule has 1 aliphatic heterocycles. The average Bonchev–Trinajstić information content (AvgIpc) is 2.83. The second-order valence-corrected chi connectivity index (χ2v) is 6.11. The monoisotopic (exact) mass is 287 g/mol. The number of aryl methyl sites for hydroxylation is 1. The Morgan fingerprint density at radius 3 is 2.67 bits per heavy atom. The maximum absolute atomic E-state index is 5.74. The van der Waals surface area contributed by atoms with Crippen LogP contribution in [0.4, 0.5) is 5.69 Å². The van der Waals surface area contributed by atoms with E-state index in [2.05, 4.69) is 51.6 Å². The van der Waals surface area contributed by atoms with Crippen molar-refractivity contribution in [1.29, 1.82) is 0 Å².